The molecule has 110 valence electrons. The number of nitrogens with zero attached hydrogens (tertiary/aromatic N) is 1. The molecule has 0 radical (unpaired) electrons. The molecule has 1 aromatic carbocycles. The van der Waals surface area contributed by atoms with Crippen LogP contribution in [0.2, 0.25) is 0 Å². The molecule has 2 N–H and O–H groups in total. The zero-order valence-electron chi connectivity index (χ0n) is 11.8. The highest BCUT2D eigenvalue weighted by molar-refractivity contribution is 7.13. The van der Waals surface area contributed by atoms with Gasteiger partial charge < -0.3 is 10.4 Å². The number of aromatic carboxylic acids is 1. The van der Waals surface area contributed by atoms with Crippen molar-refractivity contribution in [1.82, 2.24) is 10.3 Å². The van der Waals surface area contributed by atoms with Crippen LogP contribution in [0.4, 0.5) is 0 Å². The van der Waals surface area contributed by atoms with Crippen LogP contribution in [0.1, 0.15) is 38.9 Å². The fourth-order valence-corrected chi connectivity index (χ4v) is 2.88. The Kier molecular flexibility index (Phi) is 4.70. The van der Waals surface area contributed by atoms with Crippen LogP contribution >= 0.6 is 11.3 Å². The summed E-state index contributed by atoms with van der Waals surface area (Å²) >= 11 is 1.05. The van der Waals surface area contributed by atoms with Crippen molar-refractivity contribution in [3.63, 3.8) is 0 Å². The Hall–Kier alpha value is -2.21. The summed E-state index contributed by atoms with van der Waals surface area (Å²) in [6.45, 7) is 3.54. The Bertz CT molecular complexity index is 652. The molecule has 1 aromatic heterocycles. The number of thiazole rings is 1. The van der Waals surface area contributed by atoms with Gasteiger partial charge in [0.25, 0.3) is 0 Å². The van der Waals surface area contributed by atoms with Crippen LogP contribution in [0.5, 0.6) is 0 Å². The number of amides is 1. The number of aromatic nitrogens is 1. The molecule has 21 heavy (non-hydrogen) atoms. The Morgan fingerprint density at radius 2 is 2.00 bits per heavy atom. The zero-order chi connectivity index (χ0) is 15.4. The standard InChI is InChI=1S/C15H16N2O3S/c1-9(11-6-4-3-5-7-11)16-12(18)8-13-17-10(2)14(21-13)15(19)20/h3-7,9H,8H2,1-2H3,(H,16,18)(H,19,20)/t9-/m1/s1. The van der Waals surface area contributed by atoms with Crippen molar-refractivity contribution in [1.29, 1.82) is 0 Å². The fraction of sp³-hybridized carbons (Fsp3) is 0.267. The normalized spacial score (nSPS) is 11.9. The average Bonchev–Trinajstić information content (AvgIpc) is 2.80. The average molecular weight is 304 g/mol. The van der Waals surface area contributed by atoms with Crippen molar-refractivity contribution in [3.8, 4) is 0 Å². The Balaban J connectivity index is 1.99. The van der Waals surface area contributed by atoms with E-state index in [1.807, 2.05) is 37.3 Å². The monoisotopic (exact) mass is 304 g/mol. The van der Waals surface area contributed by atoms with Gasteiger partial charge in [-0.25, -0.2) is 9.78 Å². The van der Waals surface area contributed by atoms with E-state index in [1.165, 1.54) is 0 Å². The molecule has 2 aromatic rings. The smallest absolute Gasteiger partial charge is 0.347 e. The lowest BCUT2D eigenvalue weighted by atomic mass is 10.1. The van der Waals surface area contributed by atoms with E-state index < -0.39 is 5.97 Å². The van der Waals surface area contributed by atoms with Crippen LogP contribution in [-0.4, -0.2) is 22.0 Å². The number of rotatable bonds is 5. The van der Waals surface area contributed by atoms with Gasteiger partial charge in [0, 0.05) is 0 Å². The Morgan fingerprint density at radius 3 is 2.57 bits per heavy atom. The second kappa shape index (κ2) is 6.49. The lowest BCUT2D eigenvalue weighted by Crippen LogP contribution is -2.28. The molecule has 5 nitrogen and oxygen atoms in total. The summed E-state index contributed by atoms with van der Waals surface area (Å²) in [6.07, 6.45) is 0.0932. The van der Waals surface area contributed by atoms with Gasteiger partial charge in [-0.1, -0.05) is 30.3 Å². The van der Waals surface area contributed by atoms with Crippen molar-refractivity contribution in [3.05, 3.63) is 51.5 Å². The molecule has 0 fully saturated rings. The number of benzene rings is 1. The first kappa shape index (κ1) is 15.2. The SMILES string of the molecule is Cc1nc(CC(=O)N[C@H](C)c2ccccc2)sc1C(=O)O. The first-order valence-corrected chi connectivity index (χ1v) is 7.33. The largest absolute Gasteiger partial charge is 0.477 e. The van der Waals surface area contributed by atoms with E-state index in [0.717, 1.165) is 16.9 Å². The molecule has 0 spiro atoms. The summed E-state index contributed by atoms with van der Waals surface area (Å²) in [6, 6.07) is 9.55. The van der Waals surface area contributed by atoms with Crippen molar-refractivity contribution < 1.29 is 14.7 Å². The summed E-state index contributed by atoms with van der Waals surface area (Å²) in [5.74, 6) is -1.17. The molecule has 0 aliphatic rings. The van der Waals surface area contributed by atoms with E-state index >= 15 is 0 Å². The van der Waals surface area contributed by atoms with E-state index in [0.29, 0.717) is 10.7 Å². The van der Waals surface area contributed by atoms with Gasteiger partial charge in [0.2, 0.25) is 5.91 Å². The molecule has 1 atom stereocenters. The summed E-state index contributed by atoms with van der Waals surface area (Å²) in [4.78, 5) is 27.3. The molecule has 0 saturated carbocycles. The van der Waals surface area contributed by atoms with Gasteiger partial charge in [-0.15, -0.1) is 11.3 Å². The second-order valence-electron chi connectivity index (χ2n) is 4.70. The highest BCUT2D eigenvalue weighted by atomic mass is 32.1. The topological polar surface area (TPSA) is 79.3 Å². The van der Waals surface area contributed by atoms with E-state index in [2.05, 4.69) is 10.3 Å². The van der Waals surface area contributed by atoms with Gasteiger partial charge in [0.1, 0.15) is 9.88 Å². The van der Waals surface area contributed by atoms with E-state index in [1.54, 1.807) is 6.92 Å². The first-order valence-electron chi connectivity index (χ1n) is 6.51. The third-order valence-corrected chi connectivity index (χ3v) is 4.17. The molecule has 0 unspecified atom stereocenters. The first-order chi connectivity index (χ1) is 9.97. The van der Waals surface area contributed by atoms with Gasteiger partial charge in [0.15, 0.2) is 0 Å². The number of hydrogen-bond acceptors (Lipinski definition) is 4. The van der Waals surface area contributed by atoms with Crippen molar-refractivity contribution in [2.75, 3.05) is 0 Å². The van der Waals surface area contributed by atoms with Crippen LogP contribution in [0.25, 0.3) is 0 Å². The number of carbonyl (C=O) groups excluding carboxylic acids is 1. The van der Waals surface area contributed by atoms with Crippen LogP contribution in [-0.2, 0) is 11.2 Å². The third-order valence-electron chi connectivity index (χ3n) is 3.02. The Labute approximate surface area is 126 Å². The molecule has 0 bridgehead atoms. The van der Waals surface area contributed by atoms with E-state index in [4.69, 9.17) is 5.11 Å². The quantitative estimate of drug-likeness (QED) is 0.889. The molecule has 1 heterocycles. The highest BCUT2D eigenvalue weighted by Crippen LogP contribution is 2.19. The lowest BCUT2D eigenvalue weighted by Gasteiger charge is -2.13. The van der Waals surface area contributed by atoms with Crippen LogP contribution < -0.4 is 5.32 Å². The van der Waals surface area contributed by atoms with Crippen molar-refractivity contribution in [2.45, 2.75) is 26.3 Å². The molecule has 6 heteroatoms. The van der Waals surface area contributed by atoms with Crippen LogP contribution in [0.15, 0.2) is 30.3 Å². The number of carbonyl (C=O) groups is 2. The second-order valence-corrected chi connectivity index (χ2v) is 5.79. The maximum Gasteiger partial charge on any atom is 0.347 e. The molecule has 0 aliphatic carbocycles. The molecule has 2 rings (SSSR count). The molecule has 1 amide bonds. The van der Waals surface area contributed by atoms with Gasteiger partial charge in [-0.2, -0.15) is 0 Å². The number of carboxylic acids is 1. The molecular formula is C15H16N2O3S. The van der Waals surface area contributed by atoms with Gasteiger partial charge in [-0.05, 0) is 19.4 Å². The molecular weight excluding hydrogens is 288 g/mol. The van der Waals surface area contributed by atoms with Gasteiger partial charge in [-0.3, -0.25) is 4.79 Å². The molecule has 0 aliphatic heterocycles. The predicted octanol–water partition coefficient (Wildman–Crippen LogP) is 2.57. The fourth-order valence-electron chi connectivity index (χ4n) is 1.98. The lowest BCUT2D eigenvalue weighted by molar-refractivity contribution is -0.121. The number of aryl methyl sites for hydroxylation is 1. The maximum absolute atomic E-state index is 12.0. The van der Waals surface area contributed by atoms with Gasteiger partial charge in [0.05, 0.1) is 18.2 Å². The Morgan fingerprint density at radius 1 is 1.33 bits per heavy atom. The number of hydrogen-bond donors (Lipinski definition) is 2. The summed E-state index contributed by atoms with van der Waals surface area (Å²) < 4.78 is 0. The van der Waals surface area contributed by atoms with Crippen LogP contribution in [0, 0.1) is 6.92 Å². The van der Waals surface area contributed by atoms with Crippen LogP contribution in [0.3, 0.4) is 0 Å². The summed E-state index contributed by atoms with van der Waals surface area (Å²) in [5.41, 5.74) is 1.47. The minimum Gasteiger partial charge on any atom is -0.477 e. The summed E-state index contributed by atoms with van der Waals surface area (Å²) in [5, 5.41) is 12.4. The minimum atomic E-state index is -1.01. The van der Waals surface area contributed by atoms with Crippen molar-refractivity contribution in [2.24, 2.45) is 0 Å². The number of nitrogens with one attached hydrogen (secondary N) is 1. The number of carboxylic acid groups (broad SMARTS) is 1. The maximum atomic E-state index is 12.0. The minimum absolute atomic E-state index is 0.0932. The van der Waals surface area contributed by atoms with E-state index in [9.17, 15) is 9.59 Å². The van der Waals surface area contributed by atoms with Gasteiger partial charge >= 0.3 is 5.97 Å². The summed E-state index contributed by atoms with van der Waals surface area (Å²) in [7, 11) is 0. The molecule has 0 saturated heterocycles. The van der Waals surface area contributed by atoms with Crippen molar-refractivity contribution >= 4 is 23.2 Å². The third kappa shape index (κ3) is 3.88. The zero-order valence-corrected chi connectivity index (χ0v) is 12.6. The van der Waals surface area contributed by atoms with E-state index in [-0.39, 0.29) is 23.2 Å². The highest BCUT2D eigenvalue weighted by Gasteiger charge is 2.17. The predicted molar refractivity (Wildman–Crippen MR) is 80.5 cm³/mol.